The van der Waals surface area contributed by atoms with Gasteiger partial charge in [-0.2, -0.15) is 0 Å². The molecule has 1 aromatic heterocycles. The molecule has 3 aromatic rings. The summed E-state index contributed by atoms with van der Waals surface area (Å²) in [6, 6.07) is 9.90. The normalized spacial score (nSPS) is 14.0. The minimum atomic E-state index is -0.304. The van der Waals surface area contributed by atoms with Crippen LogP contribution in [-0.2, 0) is 6.54 Å². The lowest BCUT2D eigenvalue weighted by Crippen LogP contribution is -2.12. The average Bonchev–Trinajstić information content (AvgIpc) is 3.21. The lowest BCUT2D eigenvalue weighted by atomic mass is 9.99. The van der Waals surface area contributed by atoms with Crippen LogP contribution < -0.4 is 10.1 Å². The molecule has 132 valence electrons. The largest absolute Gasteiger partial charge is 0.483 e. The van der Waals surface area contributed by atoms with Gasteiger partial charge < -0.3 is 10.1 Å². The number of aromatic nitrogens is 1. The van der Waals surface area contributed by atoms with Gasteiger partial charge in [0, 0.05) is 28.7 Å². The van der Waals surface area contributed by atoms with Crippen LogP contribution in [0.5, 0.6) is 5.75 Å². The van der Waals surface area contributed by atoms with Gasteiger partial charge in [-0.1, -0.05) is 12.1 Å². The van der Waals surface area contributed by atoms with Gasteiger partial charge in [-0.15, -0.1) is 11.3 Å². The SMILES string of the molecule is Cc1csc(C(C)Oc2cc3c(cc2-c2ccc(F)cc2)C(=O)NC3)n1. The molecule has 0 aliphatic carbocycles. The Labute approximate surface area is 154 Å². The molecule has 2 aromatic carbocycles. The van der Waals surface area contributed by atoms with E-state index in [0.29, 0.717) is 17.9 Å². The molecule has 26 heavy (non-hydrogen) atoms. The number of nitrogens with one attached hydrogen (secondary N) is 1. The van der Waals surface area contributed by atoms with Crippen LogP contribution >= 0.6 is 11.3 Å². The minimum Gasteiger partial charge on any atom is -0.483 e. The quantitative estimate of drug-likeness (QED) is 0.730. The summed E-state index contributed by atoms with van der Waals surface area (Å²) in [4.78, 5) is 16.5. The van der Waals surface area contributed by atoms with Gasteiger partial charge in [-0.25, -0.2) is 9.37 Å². The van der Waals surface area contributed by atoms with Crippen molar-refractivity contribution in [1.82, 2.24) is 10.3 Å². The van der Waals surface area contributed by atoms with Crippen LogP contribution in [0, 0.1) is 12.7 Å². The van der Waals surface area contributed by atoms with Crippen molar-refractivity contribution in [2.24, 2.45) is 0 Å². The zero-order valence-corrected chi connectivity index (χ0v) is 15.2. The fraction of sp³-hybridized carbons (Fsp3) is 0.200. The van der Waals surface area contributed by atoms with Crippen molar-refractivity contribution in [3.63, 3.8) is 0 Å². The maximum absolute atomic E-state index is 13.3. The molecule has 1 aliphatic rings. The molecule has 0 radical (unpaired) electrons. The van der Waals surface area contributed by atoms with Crippen molar-refractivity contribution < 1.29 is 13.9 Å². The summed E-state index contributed by atoms with van der Waals surface area (Å²) in [6.45, 7) is 4.38. The van der Waals surface area contributed by atoms with Crippen molar-refractivity contribution in [2.75, 3.05) is 0 Å². The predicted molar refractivity (Wildman–Crippen MR) is 98.9 cm³/mol. The molecular formula is C20H17FN2O2S. The standard InChI is InChI=1S/C20H17FN2O2S/c1-11-10-26-20(23-11)12(2)25-18-7-14-9-22-19(24)17(14)8-16(18)13-3-5-15(21)6-4-13/h3-8,10,12H,9H2,1-2H3,(H,22,24). The number of benzene rings is 2. The summed E-state index contributed by atoms with van der Waals surface area (Å²) < 4.78 is 19.5. The van der Waals surface area contributed by atoms with E-state index in [9.17, 15) is 9.18 Å². The zero-order valence-electron chi connectivity index (χ0n) is 14.4. The number of carbonyl (C=O) groups excluding carboxylic acids is 1. The Hall–Kier alpha value is -2.73. The number of amides is 1. The highest BCUT2D eigenvalue weighted by atomic mass is 32.1. The van der Waals surface area contributed by atoms with Gasteiger partial charge in [0.25, 0.3) is 5.91 Å². The van der Waals surface area contributed by atoms with E-state index in [1.54, 1.807) is 23.5 Å². The van der Waals surface area contributed by atoms with Crippen molar-refractivity contribution in [1.29, 1.82) is 0 Å². The van der Waals surface area contributed by atoms with E-state index < -0.39 is 0 Å². The van der Waals surface area contributed by atoms with Gasteiger partial charge in [-0.05, 0) is 49.2 Å². The third-order valence-corrected chi connectivity index (χ3v) is 5.46. The number of hydrogen-bond donors (Lipinski definition) is 1. The monoisotopic (exact) mass is 368 g/mol. The number of halogens is 1. The number of thiazole rings is 1. The Morgan fingerprint density at radius 2 is 2.00 bits per heavy atom. The van der Waals surface area contributed by atoms with Gasteiger partial charge in [0.1, 0.15) is 22.7 Å². The summed E-state index contributed by atoms with van der Waals surface area (Å²) in [6.07, 6.45) is -0.226. The lowest BCUT2D eigenvalue weighted by Gasteiger charge is -2.17. The zero-order chi connectivity index (χ0) is 18.3. The topological polar surface area (TPSA) is 51.2 Å². The molecular weight excluding hydrogens is 351 g/mol. The molecule has 4 rings (SSSR count). The fourth-order valence-corrected chi connectivity index (χ4v) is 3.78. The second-order valence-corrected chi connectivity index (χ2v) is 7.17. The van der Waals surface area contributed by atoms with Crippen LogP contribution in [0.15, 0.2) is 41.8 Å². The van der Waals surface area contributed by atoms with Crippen molar-refractivity contribution >= 4 is 17.2 Å². The number of fused-ring (bicyclic) bond motifs is 1. The molecule has 1 amide bonds. The Bertz CT molecular complexity index is 982. The molecule has 1 N–H and O–H groups in total. The third-order valence-electron chi connectivity index (χ3n) is 4.33. The van der Waals surface area contributed by atoms with Gasteiger partial charge in [0.2, 0.25) is 0 Å². The van der Waals surface area contributed by atoms with Crippen LogP contribution in [0.3, 0.4) is 0 Å². The highest BCUT2D eigenvalue weighted by Gasteiger charge is 2.23. The van der Waals surface area contributed by atoms with Crippen LogP contribution in [0.2, 0.25) is 0 Å². The summed E-state index contributed by atoms with van der Waals surface area (Å²) in [5.74, 6) is 0.257. The van der Waals surface area contributed by atoms with Gasteiger partial charge in [0.05, 0.1) is 0 Å². The molecule has 1 unspecified atom stereocenters. The van der Waals surface area contributed by atoms with Crippen molar-refractivity contribution in [3.05, 3.63) is 69.4 Å². The number of carbonyl (C=O) groups is 1. The number of aryl methyl sites for hydroxylation is 1. The highest BCUT2D eigenvalue weighted by molar-refractivity contribution is 7.09. The van der Waals surface area contributed by atoms with Crippen LogP contribution in [0.4, 0.5) is 4.39 Å². The fourth-order valence-electron chi connectivity index (χ4n) is 3.00. The number of nitrogens with zero attached hydrogens (tertiary/aromatic N) is 1. The molecule has 0 saturated carbocycles. The van der Waals surface area contributed by atoms with E-state index in [4.69, 9.17) is 4.74 Å². The number of ether oxygens (including phenoxy) is 1. The third kappa shape index (κ3) is 3.08. The van der Waals surface area contributed by atoms with E-state index in [1.165, 1.54) is 12.1 Å². The smallest absolute Gasteiger partial charge is 0.251 e. The maximum atomic E-state index is 13.3. The Morgan fingerprint density at radius 3 is 2.69 bits per heavy atom. The molecule has 0 fully saturated rings. The van der Waals surface area contributed by atoms with Gasteiger partial charge in [-0.3, -0.25) is 4.79 Å². The lowest BCUT2D eigenvalue weighted by molar-refractivity contribution is 0.0966. The second kappa shape index (κ2) is 6.53. The molecule has 2 heterocycles. The first-order valence-corrected chi connectivity index (χ1v) is 9.19. The summed E-state index contributed by atoms with van der Waals surface area (Å²) >= 11 is 1.55. The molecule has 1 atom stereocenters. The van der Waals surface area contributed by atoms with Gasteiger partial charge >= 0.3 is 0 Å². The van der Waals surface area contributed by atoms with Crippen molar-refractivity contribution in [2.45, 2.75) is 26.5 Å². The average molecular weight is 368 g/mol. The first-order valence-electron chi connectivity index (χ1n) is 8.31. The molecule has 0 spiro atoms. The number of hydrogen-bond acceptors (Lipinski definition) is 4. The molecule has 6 heteroatoms. The Morgan fingerprint density at radius 1 is 1.23 bits per heavy atom. The van der Waals surface area contributed by atoms with Crippen LogP contribution in [0.25, 0.3) is 11.1 Å². The van der Waals surface area contributed by atoms with E-state index in [-0.39, 0.29) is 17.8 Å². The summed E-state index contributed by atoms with van der Waals surface area (Å²) in [5, 5.41) is 5.70. The second-order valence-electron chi connectivity index (χ2n) is 6.28. The summed E-state index contributed by atoms with van der Waals surface area (Å²) in [5.41, 5.74) is 4.06. The molecule has 0 saturated heterocycles. The van der Waals surface area contributed by atoms with Crippen LogP contribution in [-0.4, -0.2) is 10.9 Å². The Kier molecular flexibility index (Phi) is 4.20. The maximum Gasteiger partial charge on any atom is 0.251 e. The molecule has 4 nitrogen and oxygen atoms in total. The predicted octanol–water partition coefficient (Wildman–Crippen LogP) is 4.64. The van der Waals surface area contributed by atoms with E-state index in [2.05, 4.69) is 10.3 Å². The molecule has 1 aliphatic heterocycles. The van der Waals surface area contributed by atoms with E-state index >= 15 is 0 Å². The number of rotatable bonds is 4. The first-order chi connectivity index (χ1) is 12.5. The first kappa shape index (κ1) is 16.7. The van der Waals surface area contributed by atoms with Gasteiger partial charge in [0.15, 0.2) is 0 Å². The van der Waals surface area contributed by atoms with E-state index in [0.717, 1.165) is 27.4 Å². The summed E-state index contributed by atoms with van der Waals surface area (Å²) in [7, 11) is 0. The van der Waals surface area contributed by atoms with Crippen molar-refractivity contribution in [3.8, 4) is 16.9 Å². The van der Waals surface area contributed by atoms with E-state index in [1.807, 2.05) is 31.4 Å². The minimum absolute atomic E-state index is 0.0986. The highest BCUT2D eigenvalue weighted by Crippen LogP contribution is 2.37. The molecule has 0 bridgehead atoms. The van der Waals surface area contributed by atoms with Crippen LogP contribution in [0.1, 0.15) is 39.7 Å². The Balaban J connectivity index is 1.77.